The third-order valence-corrected chi connectivity index (χ3v) is 5.58. The van der Waals surface area contributed by atoms with Crippen molar-refractivity contribution >= 4 is 18.3 Å². The van der Waals surface area contributed by atoms with Gasteiger partial charge in [0.1, 0.15) is 22.9 Å². The van der Waals surface area contributed by atoms with E-state index in [0.29, 0.717) is 24.4 Å². The zero-order valence-corrected chi connectivity index (χ0v) is 19.8. The van der Waals surface area contributed by atoms with Crippen LogP contribution in [0.3, 0.4) is 0 Å². The predicted molar refractivity (Wildman–Crippen MR) is 131 cm³/mol. The summed E-state index contributed by atoms with van der Waals surface area (Å²) < 4.78 is 19.1. The molecule has 4 N–H and O–H groups in total. The van der Waals surface area contributed by atoms with Gasteiger partial charge in [-0.05, 0) is 49.2 Å². The highest BCUT2D eigenvalue weighted by Crippen LogP contribution is 2.31. The molecule has 0 bridgehead atoms. The fraction of sp³-hybridized carbons (Fsp3) is 0.280. The van der Waals surface area contributed by atoms with Crippen molar-refractivity contribution in [3.63, 3.8) is 0 Å². The molecule has 0 unspecified atom stereocenters. The van der Waals surface area contributed by atoms with Gasteiger partial charge in [0, 0.05) is 37.3 Å². The van der Waals surface area contributed by atoms with E-state index >= 15 is 0 Å². The summed E-state index contributed by atoms with van der Waals surface area (Å²) in [7, 11) is 0. The van der Waals surface area contributed by atoms with Gasteiger partial charge in [0.15, 0.2) is 0 Å². The van der Waals surface area contributed by atoms with Crippen LogP contribution in [-0.2, 0) is 6.54 Å². The van der Waals surface area contributed by atoms with E-state index < -0.39 is 11.7 Å². The number of phenols is 1. The molecule has 7 nitrogen and oxygen atoms in total. The molecule has 0 radical (unpaired) electrons. The minimum atomic E-state index is -0.832. The van der Waals surface area contributed by atoms with E-state index in [9.17, 15) is 14.3 Å². The van der Waals surface area contributed by atoms with Gasteiger partial charge in [-0.3, -0.25) is 9.69 Å². The highest BCUT2D eigenvalue weighted by molar-refractivity contribution is 5.95. The van der Waals surface area contributed by atoms with Crippen LogP contribution in [0.4, 0.5) is 4.39 Å². The molecular weight excluding hydrogens is 459 g/mol. The molecular formula is C25H28ClFN4O3. The molecule has 9 heteroatoms. The van der Waals surface area contributed by atoms with E-state index in [0.717, 1.165) is 42.0 Å². The van der Waals surface area contributed by atoms with E-state index in [1.807, 2.05) is 18.2 Å². The number of primary amides is 1. The number of carbonyl (C=O) groups is 1. The third-order valence-electron chi connectivity index (χ3n) is 5.58. The van der Waals surface area contributed by atoms with Gasteiger partial charge < -0.3 is 20.9 Å². The van der Waals surface area contributed by atoms with Crippen LogP contribution >= 0.6 is 12.4 Å². The minimum Gasteiger partial charge on any atom is -0.508 e. The molecule has 1 saturated heterocycles. The Bertz CT molecular complexity index is 1170. The fourth-order valence-electron chi connectivity index (χ4n) is 4.22. The third kappa shape index (κ3) is 6.02. The number of piperazine rings is 1. The predicted octanol–water partition coefficient (Wildman–Crippen LogP) is 4.09. The lowest BCUT2D eigenvalue weighted by atomic mass is 10.0. The molecule has 180 valence electrons. The quantitative estimate of drug-likeness (QED) is 0.485. The number of ether oxygens (including phenoxy) is 1. The molecule has 1 fully saturated rings. The lowest BCUT2D eigenvalue weighted by molar-refractivity contribution is 0.0997. The van der Waals surface area contributed by atoms with Crippen LogP contribution in [0.25, 0.3) is 11.1 Å². The lowest BCUT2D eigenvalue weighted by Gasteiger charge is -2.36. The normalized spacial score (nSPS) is 18.2. The Morgan fingerprint density at radius 2 is 1.88 bits per heavy atom. The van der Waals surface area contributed by atoms with E-state index in [1.165, 1.54) is 0 Å². The molecule has 34 heavy (non-hydrogen) atoms. The second-order valence-corrected chi connectivity index (χ2v) is 8.51. The van der Waals surface area contributed by atoms with E-state index in [1.54, 1.807) is 24.3 Å². The van der Waals surface area contributed by atoms with Crippen LogP contribution < -0.4 is 15.8 Å². The van der Waals surface area contributed by atoms with Crippen molar-refractivity contribution in [1.29, 1.82) is 0 Å². The van der Waals surface area contributed by atoms with Crippen LogP contribution in [-0.4, -0.2) is 46.1 Å². The molecule has 0 spiro atoms. The molecule has 1 aliphatic heterocycles. The molecule has 2 heterocycles. The summed E-state index contributed by atoms with van der Waals surface area (Å²) in [5, 5.41) is 14.2. The van der Waals surface area contributed by atoms with Crippen molar-refractivity contribution in [2.45, 2.75) is 32.5 Å². The van der Waals surface area contributed by atoms with Gasteiger partial charge in [-0.15, -0.1) is 12.4 Å². The molecule has 1 aromatic heterocycles. The Hall–Kier alpha value is -3.20. The number of nitrogens with zero attached hydrogens (tertiary/aromatic N) is 2. The number of rotatable bonds is 6. The molecule has 1 aliphatic rings. The van der Waals surface area contributed by atoms with E-state index in [-0.39, 0.29) is 29.6 Å². The number of aromatic hydroxyl groups is 1. The maximum Gasteiger partial charge on any atom is 0.254 e. The molecule has 0 saturated carbocycles. The smallest absolute Gasteiger partial charge is 0.254 e. The number of phenolic OH excluding ortho intramolecular Hbond substituents is 1. The Labute approximate surface area is 204 Å². The van der Waals surface area contributed by atoms with Crippen LogP contribution in [0.5, 0.6) is 17.4 Å². The monoisotopic (exact) mass is 486 g/mol. The second kappa shape index (κ2) is 10.8. The van der Waals surface area contributed by atoms with Crippen LogP contribution in [0.2, 0.25) is 0 Å². The number of pyridine rings is 1. The number of nitrogens with one attached hydrogen (secondary N) is 1. The number of nitrogens with two attached hydrogens (primary N) is 1. The summed E-state index contributed by atoms with van der Waals surface area (Å²) in [5.74, 6) is -0.943. The first-order valence-electron chi connectivity index (χ1n) is 10.8. The standard InChI is InChI=1S/C25H27FN4O3.ClH/c1-15-12-30(13-16(2)29-15)14-19-7-6-18(9-23(19)31)17-4-3-5-21(8-17)33-25-22(24(27)32)10-20(26)11-28-25;/h3-11,15-16,29,31H,12-14H2,1-2H3,(H2,27,32);1H/t15-,16+;. The highest BCUT2D eigenvalue weighted by Gasteiger charge is 2.21. The maximum absolute atomic E-state index is 13.4. The Balaban J connectivity index is 0.00000324. The van der Waals surface area contributed by atoms with Crippen LogP contribution in [0, 0.1) is 5.82 Å². The molecule has 4 rings (SSSR count). The van der Waals surface area contributed by atoms with Crippen molar-refractivity contribution in [1.82, 2.24) is 15.2 Å². The van der Waals surface area contributed by atoms with E-state index in [2.05, 4.69) is 29.0 Å². The summed E-state index contributed by atoms with van der Waals surface area (Å²) in [6.07, 6.45) is 0.961. The number of hydrogen-bond acceptors (Lipinski definition) is 6. The summed E-state index contributed by atoms with van der Waals surface area (Å²) >= 11 is 0. The minimum absolute atomic E-state index is 0. The van der Waals surface area contributed by atoms with Gasteiger partial charge in [-0.1, -0.05) is 24.3 Å². The van der Waals surface area contributed by atoms with Crippen molar-refractivity contribution in [3.8, 4) is 28.5 Å². The van der Waals surface area contributed by atoms with Crippen molar-refractivity contribution in [3.05, 3.63) is 71.7 Å². The average molecular weight is 487 g/mol. The van der Waals surface area contributed by atoms with Gasteiger partial charge in [0.05, 0.1) is 6.20 Å². The topological polar surface area (TPSA) is 101 Å². The Morgan fingerprint density at radius 3 is 2.56 bits per heavy atom. The number of amides is 1. The van der Waals surface area contributed by atoms with Gasteiger partial charge in [0.25, 0.3) is 5.91 Å². The number of benzene rings is 2. The summed E-state index contributed by atoms with van der Waals surface area (Å²) in [5.41, 5.74) is 7.66. The Morgan fingerprint density at radius 1 is 1.18 bits per heavy atom. The maximum atomic E-state index is 13.4. The van der Waals surface area contributed by atoms with Gasteiger partial charge >= 0.3 is 0 Å². The summed E-state index contributed by atoms with van der Waals surface area (Å²) in [6.45, 7) is 6.85. The molecule has 0 aliphatic carbocycles. The average Bonchev–Trinajstić information content (AvgIpc) is 2.76. The largest absolute Gasteiger partial charge is 0.508 e. The first-order chi connectivity index (χ1) is 15.8. The number of hydrogen-bond donors (Lipinski definition) is 3. The summed E-state index contributed by atoms with van der Waals surface area (Å²) in [4.78, 5) is 17.8. The highest BCUT2D eigenvalue weighted by atomic mass is 35.5. The fourth-order valence-corrected chi connectivity index (χ4v) is 4.22. The lowest BCUT2D eigenvalue weighted by Crippen LogP contribution is -2.53. The molecule has 2 aromatic carbocycles. The number of aromatic nitrogens is 1. The van der Waals surface area contributed by atoms with E-state index in [4.69, 9.17) is 10.5 Å². The SMILES string of the molecule is C[C@@H]1CN(Cc2ccc(-c3cccc(Oc4ncc(F)cc4C(N)=O)c3)cc2O)C[C@H](C)N1.Cl. The first-order valence-corrected chi connectivity index (χ1v) is 10.8. The number of carbonyl (C=O) groups excluding carboxylic acids is 1. The second-order valence-electron chi connectivity index (χ2n) is 8.51. The summed E-state index contributed by atoms with van der Waals surface area (Å²) in [6, 6.07) is 14.5. The van der Waals surface area contributed by atoms with Crippen LogP contribution in [0.1, 0.15) is 29.8 Å². The van der Waals surface area contributed by atoms with Crippen molar-refractivity contribution < 1.29 is 19.0 Å². The van der Waals surface area contributed by atoms with Gasteiger partial charge in [-0.2, -0.15) is 0 Å². The van der Waals surface area contributed by atoms with Gasteiger partial charge in [0.2, 0.25) is 5.88 Å². The van der Waals surface area contributed by atoms with Gasteiger partial charge in [-0.25, -0.2) is 9.37 Å². The zero-order valence-electron chi connectivity index (χ0n) is 19.0. The first kappa shape index (κ1) is 25.4. The van der Waals surface area contributed by atoms with Crippen LogP contribution in [0.15, 0.2) is 54.7 Å². The number of halogens is 2. The van der Waals surface area contributed by atoms with Crippen molar-refractivity contribution in [2.75, 3.05) is 13.1 Å². The molecule has 1 amide bonds. The Kier molecular flexibility index (Phi) is 8.09. The molecule has 3 aromatic rings. The zero-order chi connectivity index (χ0) is 23.5. The van der Waals surface area contributed by atoms with Crippen molar-refractivity contribution in [2.24, 2.45) is 5.73 Å². The molecule has 2 atom stereocenters.